The molecule has 2 aromatic carbocycles. The van der Waals surface area contributed by atoms with Crippen LogP contribution >= 0.6 is 11.6 Å². The molecule has 3 amide bonds. The van der Waals surface area contributed by atoms with Gasteiger partial charge in [0.05, 0.1) is 20.4 Å². The van der Waals surface area contributed by atoms with Crippen molar-refractivity contribution in [2.24, 2.45) is 0 Å². The standard InChI is InChI=1S/C21H15ClF4N4O3/c1-27-19(31)18-10-13(6-7-28-18)33-12-3-5-17(16(23)9-12)30-20(32)29-11-2-4-15(22)14(8-11)21(24,25)26/h2-10H,1H3,(H,27,31)(H2,29,30,32)/i6D,7D,10D. The Hall–Kier alpha value is -3.86. The van der Waals surface area contributed by atoms with Crippen molar-refractivity contribution >= 4 is 34.9 Å². The maximum absolute atomic E-state index is 14.6. The average Bonchev–Trinajstić information content (AvgIpc) is 2.80. The molecule has 0 atom stereocenters. The highest BCUT2D eigenvalue weighted by Crippen LogP contribution is 2.36. The number of aromatic nitrogens is 1. The fourth-order valence-electron chi connectivity index (χ4n) is 2.46. The van der Waals surface area contributed by atoms with Crippen LogP contribution in [0, 0.1) is 5.82 Å². The molecule has 1 heterocycles. The lowest BCUT2D eigenvalue weighted by Crippen LogP contribution is -2.20. The Kier molecular flexibility index (Phi) is 5.84. The summed E-state index contributed by atoms with van der Waals surface area (Å²) in [6, 6.07) is 3.44. The molecule has 0 saturated carbocycles. The van der Waals surface area contributed by atoms with E-state index in [1.54, 1.807) is 0 Å². The summed E-state index contributed by atoms with van der Waals surface area (Å²) in [5.74, 6) is -2.58. The van der Waals surface area contributed by atoms with Gasteiger partial charge in [-0.2, -0.15) is 13.2 Å². The maximum atomic E-state index is 14.6. The zero-order valence-corrected chi connectivity index (χ0v) is 17.3. The lowest BCUT2D eigenvalue weighted by Gasteiger charge is -2.13. The molecule has 3 N–H and O–H groups in total. The van der Waals surface area contributed by atoms with E-state index in [2.05, 4.69) is 20.9 Å². The summed E-state index contributed by atoms with van der Waals surface area (Å²) in [5, 5.41) is 5.93. The number of nitrogens with one attached hydrogen (secondary N) is 3. The molecule has 33 heavy (non-hydrogen) atoms. The van der Waals surface area contributed by atoms with E-state index in [-0.39, 0.29) is 17.1 Å². The largest absolute Gasteiger partial charge is 0.457 e. The summed E-state index contributed by atoms with van der Waals surface area (Å²) in [6.07, 6.45) is -5.40. The minimum atomic E-state index is -4.75. The Bertz CT molecular complexity index is 1360. The van der Waals surface area contributed by atoms with Crippen molar-refractivity contribution in [1.82, 2.24) is 10.3 Å². The molecule has 0 spiro atoms. The van der Waals surface area contributed by atoms with Gasteiger partial charge in [0.2, 0.25) is 0 Å². The minimum Gasteiger partial charge on any atom is -0.457 e. The van der Waals surface area contributed by atoms with E-state index >= 15 is 0 Å². The Labute approximate surface area is 193 Å². The van der Waals surface area contributed by atoms with Gasteiger partial charge in [0.15, 0.2) is 0 Å². The highest BCUT2D eigenvalue weighted by molar-refractivity contribution is 6.31. The fraction of sp³-hybridized carbons (Fsp3) is 0.0952. The molecule has 0 aliphatic heterocycles. The molecule has 0 fully saturated rings. The Morgan fingerprint density at radius 1 is 1.12 bits per heavy atom. The van der Waals surface area contributed by atoms with Crippen LogP contribution < -0.4 is 20.7 Å². The van der Waals surface area contributed by atoms with E-state index in [9.17, 15) is 27.2 Å². The van der Waals surface area contributed by atoms with Gasteiger partial charge in [-0.05, 0) is 36.4 Å². The van der Waals surface area contributed by atoms with Gasteiger partial charge in [-0.1, -0.05) is 11.6 Å². The molecule has 0 radical (unpaired) electrons. The number of amides is 3. The van der Waals surface area contributed by atoms with Crippen LogP contribution in [0.15, 0.2) is 54.7 Å². The van der Waals surface area contributed by atoms with Gasteiger partial charge >= 0.3 is 12.2 Å². The number of alkyl halides is 3. The SMILES string of the molecule is [2H]c1nc(C(=O)NC)c([2H])c(Oc2ccc(NC(=O)Nc3ccc(Cl)c(C(F)(F)F)c3)c(F)c2)c1[2H]. The number of pyridine rings is 1. The van der Waals surface area contributed by atoms with Gasteiger partial charge in [-0.25, -0.2) is 9.18 Å². The molecule has 0 saturated heterocycles. The third-order valence-electron chi connectivity index (χ3n) is 3.95. The first-order valence-electron chi connectivity index (χ1n) is 10.4. The lowest BCUT2D eigenvalue weighted by molar-refractivity contribution is -0.137. The predicted molar refractivity (Wildman–Crippen MR) is 113 cm³/mol. The van der Waals surface area contributed by atoms with Crippen molar-refractivity contribution in [3.05, 3.63) is 76.8 Å². The molecular formula is C21H15ClF4N4O3. The fourth-order valence-corrected chi connectivity index (χ4v) is 2.69. The number of carbonyl (C=O) groups is 2. The highest BCUT2D eigenvalue weighted by atomic mass is 35.5. The zero-order valence-electron chi connectivity index (χ0n) is 19.5. The first-order chi connectivity index (χ1) is 16.8. The lowest BCUT2D eigenvalue weighted by atomic mass is 10.2. The van der Waals surface area contributed by atoms with Crippen LogP contribution in [0.4, 0.5) is 33.7 Å². The molecule has 0 aliphatic rings. The van der Waals surface area contributed by atoms with Crippen molar-refractivity contribution in [1.29, 1.82) is 0 Å². The van der Waals surface area contributed by atoms with Crippen LogP contribution in [0.1, 0.15) is 20.2 Å². The van der Waals surface area contributed by atoms with E-state index in [1.165, 1.54) is 7.05 Å². The first kappa shape index (κ1) is 19.8. The summed E-state index contributed by atoms with van der Waals surface area (Å²) in [5.41, 5.74) is -2.25. The third-order valence-corrected chi connectivity index (χ3v) is 4.28. The van der Waals surface area contributed by atoms with Crippen LogP contribution in [-0.4, -0.2) is 24.0 Å². The molecule has 3 aromatic rings. The monoisotopic (exact) mass is 485 g/mol. The third kappa shape index (κ3) is 6.10. The van der Waals surface area contributed by atoms with Gasteiger partial charge in [-0.15, -0.1) is 0 Å². The topological polar surface area (TPSA) is 92.3 Å². The number of carbonyl (C=O) groups excluding carboxylic acids is 2. The van der Waals surface area contributed by atoms with Gasteiger partial charge < -0.3 is 20.7 Å². The number of anilines is 2. The van der Waals surface area contributed by atoms with Crippen LogP contribution in [-0.2, 0) is 6.18 Å². The van der Waals surface area contributed by atoms with Gasteiger partial charge in [-0.3, -0.25) is 9.78 Å². The quantitative estimate of drug-likeness (QED) is 0.405. The number of halogens is 5. The first-order valence-corrected chi connectivity index (χ1v) is 9.31. The Morgan fingerprint density at radius 2 is 1.88 bits per heavy atom. The maximum Gasteiger partial charge on any atom is 0.417 e. The smallest absolute Gasteiger partial charge is 0.417 e. The number of hydrogen-bond acceptors (Lipinski definition) is 4. The van der Waals surface area contributed by atoms with Crippen LogP contribution in [0.2, 0.25) is 5.02 Å². The molecule has 0 bridgehead atoms. The summed E-state index contributed by atoms with van der Waals surface area (Å²) in [6.45, 7) is 0. The molecule has 172 valence electrons. The number of urea groups is 1. The second-order valence-corrected chi connectivity index (χ2v) is 6.65. The molecular weight excluding hydrogens is 468 g/mol. The number of ether oxygens (including phenoxy) is 1. The van der Waals surface area contributed by atoms with Crippen LogP contribution in [0.3, 0.4) is 0 Å². The van der Waals surface area contributed by atoms with E-state index < -0.39 is 64.2 Å². The summed E-state index contributed by atoms with van der Waals surface area (Å²) < 4.78 is 82.5. The zero-order chi connectivity index (χ0) is 26.8. The second-order valence-electron chi connectivity index (χ2n) is 6.25. The van der Waals surface area contributed by atoms with Crippen molar-refractivity contribution in [3.8, 4) is 11.5 Å². The Morgan fingerprint density at radius 3 is 2.55 bits per heavy atom. The van der Waals surface area contributed by atoms with Crippen LogP contribution in [0.25, 0.3) is 0 Å². The van der Waals surface area contributed by atoms with E-state index in [1.807, 2.05) is 0 Å². The molecule has 12 heteroatoms. The predicted octanol–water partition coefficient (Wildman–Crippen LogP) is 5.69. The van der Waals surface area contributed by atoms with Crippen molar-refractivity contribution in [3.63, 3.8) is 0 Å². The number of hydrogen-bond donors (Lipinski definition) is 3. The summed E-state index contributed by atoms with van der Waals surface area (Å²) in [4.78, 5) is 27.6. The van der Waals surface area contributed by atoms with Crippen molar-refractivity contribution in [2.75, 3.05) is 17.7 Å². The second kappa shape index (κ2) is 9.74. The number of benzene rings is 2. The Balaban J connectivity index is 1.78. The number of nitrogens with zero attached hydrogens (tertiary/aromatic N) is 1. The molecule has 7 nitrogen and oxygen atoms in total. The number of rotatable bonds is 5. The normalized spacial score (nSPS) is 12.2. The van der Waals surface area contributed by atoms with Gasteiger partial charge in [0, 0.05) is 31.0 Å². The average molecular weight is 486 g/mol. The molecule has 0 unspecified atom stereocenters. The summed E-state index contributed by atoms with van der Waals surface area (Å²) in [7, 11) is 1.28. The molecule has 1 aromatic heterocycles. The van der Waals surface area contributed by atoms with E-state index in [4.69, 9.17) is 20.5 Å². The van der Waals surface area contributed by atoms with Gasteiger partial charge in [0.1, 0.15) is 23.0 Å². The van der Waals surface area contributed by atoms with Gasteiger partial charge in [0.25, 0.3) is 5.91 Å². The van der Waals surface area contributed by atoms with E-state index in [0.717, 1.165) is 30.3 Å². The van der Waals surface area contributed by atoms with Crippen LogP contribution in [0.5, 0.6) is 11.5 Å². The molecule has 0 aliphatic carbocycles. The summed E-state index contributed by atoms with van der Waals surface area (Å²) >= 11 is 5.53. The molecule has 3 rings (SSSR count). The minimum absolute atomic E-state index is 0.235. The highest BCUT2D eigenvalue weighted by Gasteiger charge is 2.33. The van der Waals surface area contributed by atoms with Crippen molar-refractivity contribution in [2.45, 2.75) is 6.18 Å². The van der Waals surface area contributed by atoms with Crippen molar-refractivity contribution < 1.29 is 36.0 Å². The van der Waals surface area contributed by atoms with E-state index in [0.29, 0.717) is 6.07 Å².